The summed E-state index contributed by atoms with van der Waals surface area (Å²) in [4.78, 5) is 14.7. The van der Waals surface area contributed by atoms with Gasteiger partial charge in [-0.1, -0.05) is 40.2 Å². The first-order valence-electron chi connectivity index (χ1n) is 7.50. The fourth-order valence-corrected chi connectivity index (χ4v) is 4.04. The quantitative estimate of drug-likeness (QED) is 0.533. The number of hydrogen-bond acceptors (Lipinski definition) is 2. The highest BCUT2D eigenvalue weighted by molar-refractivity contribution is 9.10. The molecule has 1 saturated heterocycles. The van der Waals surface area contributed by atoms with Gasteiger partial charge in [0.25, 0.3) is 0 Å². The zero-order valence-electron chi connectivity index (χ0n) is 12.8. The number of amides is 1. The maximum absolute atomic E-state index is 14.6. The van der Waals surface area contributed by atoms with E-state index < -0.39 is 0 Å². The predicted octanol–water partition coefficient (Wildman–Crippen LogP) is 5.10. The molecule has 0 saturated carbocycles. The summed E-state index contributed by atoms with van der Waals surface area (Å²) >= 11 is 5.01. The highest BCUT2D eigenvalue weighted by Crippen LogP contribution is 2.34. The molecule has 120 valence electrons. The molecule has 1 amide bonds. The molecule has 1 aliphatic heterocycles. The molecule has 5 heteroatoms. The van der Waals surface area contributed by atoms with Crippen molar-refractivity contribution in [2.24, 2.45) is 0 Å². The first-order valence-corrected chi connectivity index (χ1v) is 9.64. The van der Waals surface area contributed by atoms with Crippen LogP contribution in [0.4, 0.5) is 10.1 Å². The van der Waals surface area contributed by atoms with Gasteiger partial charge in [-0.2, -0.15) is 0 Å². The van der Waals surface area contributed by atoms with E-state index in [1.807, 2.05) is 36.6 Å². The molecular formula is C18H17BrFNOS. The Kier molecular flexibility index (Phi) is 5.07. The molecule has 3 rings (SSSR count). The summed E-state index contributed by atoms with van der Waals surface area (Å²) in [5.41, 5.74) is 2.20. The molecule has 0 spiro atoms. The van der Waals surface area contributed by atoms with Gasteiger partial charge in [-0.3, -0.25) is 4.79 Å². The molecule has 0 radical (unpaired) electrons. The SMILES string of the molecule is CSc1ccccc1-c1ccc(N2CCCC(Br)C2=O)c(F)c1. The number of halogens is 2. The Labute approximate surface area is 148 Å². The summed E-state index contributed by atoms with van der Waals surface area (Å²) in [5.74, 6) is -0.416. The monoisotopic (exact) mass is 393 g/mol. The molecule has 1 unspecified atom stereocenters. The number of carbonyl (C=O) groups excluding carboxylic acids is 1. The second-order valence-electron chi connectivity index (χ2n) is 5.47. The molecule has 2 aromatic carbocycles. The van der Waals surface area contributed by atoms with E-state index in [1.165, 1.54) is 6.07 Å². The first kappa shape index (κ1) is 16.5. The Morgan fingerprint density at radius 2 is 2.04 bits per heavy atom. The molecule has 0 bridgehead atoms. The number of alkyl halides is 1. The van der Waals surface area contributed by atoms with Gasteiger partial charge in [-0.25, -0.2) is 4.39 Å². The number of carbonyl (C=O) groups is 1. The maximum atomic E-state index is 14.6. The number of rotatable bonds is 3. The highest BCUT2D eigenvalue weighted by atomic mass is 79.9. The average molecular weight is 394 g/mol. The van der Waals surface area contributed by atoms with Crippen LogP contribution < -0.4 is 4.90 Å². The predicted molar refractivity (Wildman–Crippen MR) is 97.9 cm³/mol. The number of thioether (sulfide) groups is 1. The number of benzene rings is 2. The Morgan fingerprint density at radius 1 is 1.26 bits per heavy atom. The summed E-state index contributed by atoms with van der Waals surface area (Å²) in [7, 11) is 0. The van der Waals surface area contributed by atoms with Crippen molar-refractivity contribution in [3.8, 4) is 11.1 Å². The molecular weight excluding hydrogens is 377 g/mol. The fourth-order valence-electron chi connectivity index (χ4n) is 2.85. The third-order valence-corrected chi connectivity index (χ3v) is 5.68. The Hall–Kier alpha value is -1.33. The fraction of sp³-hybridized carbons (Fsp3) is 0.278. The summed E-state index contributed by atoms with van der Waals surface area (Å²) in [5, 5.41) is 0. The van der Waals surface area contributed by atoms with Gasteiger partial charge in [0.2, 0.25) is 5.91 Å². The van der Waals surface area contributed by atoms with Crippen LogP contribution in [0, 0.1) is 5.82 Å². The normalized spacial score (nSPS) is 18.3. The first-order chi connectivity index (χ1) is 11.1. The topological polar surface area (TPSA) is 20.3 Å². The van der Waals surface area contributed by atoms with E-state index >= 15 is 0 Å². The molecule has 0 N–H and O–H groups in total. The van der Waals surface area contributed by atoms with Crippen molar-refractivity contribution in [3.05, 3.63) is 48.3 Å². The van der Waals surface area contributed by atoms with Gasteiger partial charge in [0.05, 0.1) is 10.5 Å². The van der Waals surface area contributed by atoms with E-state index in [4.69, 9.17) is 0 Å². The summed E-state index contributed by atoms with van der Waals surface area (Å²) in [6.45, 7) is 0.568. The van der Waals surface area contributed by atoms with Gasteiger partial charge in [0.15, 0.2) is 0 Å². The lowest BCUT2D eigenvalue weighted by molar-refractivity contribution is -0.118. The Morgan fingerprint density at radius 3 is 2.78 bits per heavy atom. The maximum Gasteiger partial charge on any atom is 0.240 e. The van der Waals surface area contributed by atoms with Gasteiger partial charge in [0, 0.05) is 11.4 Å². The summed E-state index contributed by atoms with van der Waals surface area (Å²) in [6.07, 6.45) is 3.68. The molecule has 2 nitrogen and oxygen atoms in total. The minimum atomic E-state index is -0.353. The lowest BCUT2D eigenvalue weighted by atomic mass is 10.0. The van der Waals surface area contributed by atoms with E-state index in [1.54, 1.807) is 22.7 Å². The van der Waals surface area contributed by atoms with Crippen LogP contribution in [-0.2, 0) is 4.79 Å². The van der Waals surface area contributed by atoms with Crippen molar-refractivity contribution in [1.82, 2.24) is 0 Å². The minimum Gasteiger partial charge on any atom is -0.309 e. The molecule has 2 aromatic rings. The Bertz CT molecular complexity index is 737. The van der Waals surface area contributed by atoms with Crippen LogP contribution in [0.5, 0.6) is 0 Å². The van der Waals surface area contributed by atoms with Gasteiger partial charge in [0.1, 0.15) is 5.82 Å². The molecule has 0 aliphatic carbocycles. The van der Waals surface area contributed by atoms with E-state index in [0.29, 0.717) is 12.2 Å². The zero-order valence-corrected chi connectivity index (χ0v) is 15.2. The average Bonchev–Trinajstić information content (AvgIpc) is 2.57. The van der Waals surface area contributed by atoms with E-state index in [9.17, 15) is 9.18 Å². The van der Waals surface area contributed by atoms with Crippen molar-refractivity contribution in [1.29, 1.82) is 0 Å². The molecule has 1 fully saturated rings. The van der Waals surface area contributed by atoms with Crippen LogP contribution in [0.15, 0.2) is 47.4 Å². The van der Waals surface area contributed by atoms with Crippen molar-refractivity contribution < 1.29 is 9.18 Å². The molecule has 0 aromatic heterocycles. The van der Waals surface area contributed by atoms with Gasteiger partial charge in [-0.15, -0.1) is 11.8 Å². The minimum absolute atomic E-state index is 0.0626. The smallest absolute Gasteiger partial charge is 0.240 e. The van der Waals surface area contributed by atoms with Crippen molar-refractivity contribution in [2.75, 3.05) is 17.7 Å². The molecule has 1 heterocycles. The number of anilines is 1. The molecule has 1 aliphatic rings. The number of nitrogens with zero attached hydrogens (tertiary/aromatic N) is 1. The zero-order chi connectivity index (χ0) is 16.4. The standard InChI is InChI=1S/C18H17BrFNOS/c1-23-17-7-3-2-5-13(17)12-8-9-16(15(20)11-12)21-10-4-6-14(19)18(21)22/h2-3,5,7-9,11,14H,4,6,10H2,1H3. The molecule has 1 atom stereocenters. The summed E-state index contributed by atoms with van der Waals surface area (Å²) in [6, 6.07) is 13.1. The van der Waals surface area contributed by atoms with Crippen molar-refractivity contribution in [2.45, 2.75) is 22.6 Å². The van der Waals surface area contributed by atoms with Crippen LogP contribution in [0.1, 0.15) is 12.8 Å². The van der Waals surface area contributed by atoms with Crippen LogP contribution >= 0.6 is 27.7 Å². The summed E-state index contributed by atoms with van der Waals surface area (Å²) < 4.78 is 14.6. The van der Waals surface area contributed by atoms with Crippen LogP contribution in [-0.4, -0.2) is 23.5 Å². The lowest BCUT2D eigenvalue weighted by Crippen LogP contribution is -2.42. The van der Waals surface area contributed by atoms with Gasteiger partial charge in [-0.05, 0) is 48.4 Å². The van der Waals surface area contributed by atoms with Crippen LogP contribution in [0.3, 0.4) is 0 Å². The van der Waals surface area contributed by atoms with Crippen LogP contribution in [0.25, 0.3) is 11.1 Å². The largest absolute Gasteiger partial charge is 0.309 e. The van der Waals surface area contributed by atoms with E-state index in [2.05, 4.69) is 15.9 Å². The third-order valence-electron chi connectivity index (χ3n) is 4.03. The second kappa shape index (κ2) is 7.05. The van der Waals surface area contributed by atoms with Gasteiger partial charge < -0.3 is 4.90 Å². The van der Waals surface area contributed by atoms with E-state index in [-0.39, 0.29) is 16.6 Å². The lowest BCUT2D eigenvalue weighted by Gasteiger charge is -2.30. The Balaban J connectivity index is 1.96. The van der Waals surface area contributed by atoms with Crippen LogP contribution in [0.2, 0.25) is 0 Å². The number of piperidine rings is 1. The van der Waals surface area contributed by atoms with Gasteiger partial charge >= 0.3 is 0 Å². The van der Waals surface area contributed by atoms with Crippen molar-refractivity contribution in [3.63, 3.8) is 0 Å². The number of hydrogen-bond donors (Lipinski definition) is 0. The van der Waals surface area contributed by atoms with E-state index in [0.717, 1.165) is 28.9 Å². The third kappa shape index (κ3) is 3.31. The second-order valence-corrected chi connectivity index (χ2v) is 7.42. The molecule has 23 heavy (non-hydrogen) atoms. The highest BCUT2D eigenvalue weighted by Gasteiger charge is 2.29. The van der Waals surface area contributed by atoms with Crippen molar-refractivity contribution >= 4 is 39.3 Å².